The molecular formula is C23H28ClF3N4S. The molecule has 32 heavy (non-hydrogen) atoms. The van der Waals surface area contributed by atoms with Crippen LogP contribution in [0.15, 0.2) is 42.7 Å². The van der Waals surface area contributed by atoms with Crippen molar-refractivity contribution in [1.82, 2.24) is 15.2 Å². The zero-order valence-electron chi connectivity index (χ0n) is 18.6. The van der Waals surface area contributed by atoms with Crippen molar-refractivity contribution in [1.29, 1.82) is 0 Å². The summed E-state index contributed by atoms with van der Waals surface area (Å²) < 4.78 is 39.2. The second-order valence-corrected chi connectivity index (χ2v) is 10.4. The summed E-state index contributed by atoms with van der Waals surface area (Å²) in [5, 5.41) is 6.84. The first-order chi connectivity index (χ1) is 14.8. The van der Waals surface area contributed by atoms with Crippen molar-refractivity contribution < 1.29 is 13.2 Å². The summed E-state index contributed by atoms with van der Waals surface area (Å²) in [6.07, 6.45) is 0.709. The van der Waals surface area contributed by atoms with Crippen molar-refractivity contribution in [2.75, 3.05) is 5.32 Å². The summed E-state index contributed by atoms with van der Waals surface area (Å²) in [6.45, 7) is 9.18. The molecule has 0 unspecified atom stereocenters. The Hall–Kier alpha value is -1.90. The first kappa shape index (κ1) is 24.7. The lowest BCUT2D eigenvalue weighted by atomic mass is 9.79. The molecule has 174 valence electrons. The van der Waals surface area contributed by atoms with Gasteiger partial charge in [0.1, 0.15) is 0 Å². The molecule has 1 aromatic heterocycles. The van der Waals surface area contributed by atoms with Gasteiger partial charge in [-0.2, -0.15) is 13.2 Å². The quantitative estimate of drug-likeness (QED) is 0.501. The molecule has 3 rings (SSSR count). The van der Waals surface area contributed by atoms with Crippen molar-refractivity contribution in [3.05, 3.63) is 58.9 Å². The predicted octanol–water partition coefficient (Wildman–Crippen LogP) is 6.26. The number of aromatic nitrogens is 1. The Morgan fingerprint density at radius 1 is 1.22 bits per heavy atom. The molecule has 2 heterocycles. The monoisotopic (exact) mass is 484 g/mol. The first-order valence-electron chi connectivity index (χ1n) is 10.4. The fourth-order valence-electron chi connectivity index (χ4n) is 4.56. The number of hydrogen-bond acceptors (Lipinski definition) is 3. The van der Waals surface area contributed by atoms with Crippen LogP contribution in [0.2, 0.25) is 5.02 Å². The SMILES string of the molecule is CC1(C)CC(N(Cc2cccnc2)C(=S)Nc2ccc(C(F)(F)F)c(Cl)c2)CC(C)(C)N1. The second-order valence-electron chi connectivity index (χ2n) is 9.57. The number of nitrogens with one attached hydrogen (secondary N) is 2. The van der Waals surface area contributed by atoms with E-state index in [0.717, 1.165) is 24.5 Å². The van der Waals surface area contributed by atoms with Gasteiger partial charge in [-0.15, -0.1) is 0 Å². The van der Waals surface area contributed by atoms with Gasteiger partial charge in [0, 0.05) is 41.7 Å². The number of hydrogen-bond donors (Lipinski definition) is 2. The molecule has 2 N–H and O–H groups in total. The van der Waals surface area contributed by atoms with E-state index in [4.69, 9.17) is 23.8 Å². The summed E-state index contributed by atoms with van der Waals surface area (Å²) in [4.78, 5) is 6.30. The maximum absolute atomic E-state index is 13.1. The lowest BCUT2D eigenvalue weighted by Crippen LogP contribution is -2.63. The van der Waals surface area contributed by atoms with Crippen LogP contribution in [-0.4, -0.2) is 32.1 Å². The average Bonchev–Trinajstić information content (AvgIpc) is 2.63. The number of anilines is 1. The van der Waals surface area contributed by atoms with E-state index in [9.17, 15) is 13.2 Å². The molecule has 0 amide bonds. The number of rotatable bonds is 4. The van der Waals surface area contributed by atoms with Crippen molar-refractivity contribution in [2.24, 2.45) is 0 Å². The number of pyridine rings is 1. The molecule has 1 aliphatic heterocycles. The highest BCUT2D eigenvalue weighted by atomic mass is 35.5. The molecular weight excluding hydrogens is 457 g/mol. The number of halogens is 4. The Balaban J connectivity index is 1.88. The van der Waals surface area contributed by atoms with E-state index in [-0.39, 0.29) is 22.1 Å². The number of nitrogens with zero attached hydrogens (tertiary/aromatic N) is 2. The smallest absolute Gasteiger partial charge is 0.342 e. The van der Waals surface area contributed by atoms with Gasteiger partial charge in [0.05, 0.1) is 10.6 Å². The highest BCUT2D eigenvalue weighted by Gasteiger charge is 2.40. The Labute approximate surface area is 197 Å². The van der Waals surface area contributed by atoms with Crippen LogP contribution in [0.4, 0.5) is 18.9 Å². The molecule has 1 saturated heterocycles. The van der Waals surface area contributed by atoms with Gasteiger partial charge < -0.3 is 15.5 Å². The van der Waals surface area contributed by atoms with E-state index in [2.05, 4.69) is 48.2 Å². The number of alkyl halides is 3. The van der Waals surface area contributed by atoms with Gasteiger partial charge in [0.15, 0.2) is 5.11 Å². The summed E-state index contributed by atoms with van der Waals surface area (Å²) in [7, 11) is 0. The van der Waals surface area contributed by atoms with Crippen LogP contribution in [0.3, 0.4) is 0 Å². The molecule has 0 radical (unpaired) electrons. The van der Waals surface area contributed by atoms with Crippen LogP contribution >= 0.6 is 23.8 Å². The van der Waals surface area contributed by atoms with E-state index in [1.807, 2.05) is 12.1 Å². The minimum Gasteiger partial charge on any atom is -0.342 e. The molecule has 2 aromatic rings. The van der Waals surface area contributed by atoms with Gasteiger partial charge in [-0.05, 0) is 82.6 Å². The zero-order chi connectivity index (χ0) is 23.7. The third-order valence-electron chi connectivity index (χ3n) is 5.47. The molecule has 1 aliphatic rings. The van der Waals surface area contributed by atoms with Crippen molar-refractivity contribution >= 4 is 34.6 Å². The van der Waals surface area contributed by atoms with Gasteiger partial charge in [0.25, 0.3) is 0 Å². The molecule has 0 atom stereocenters. The van der Waals surface area contributed by atoms with Crippen molar-refractivity contribution in [3.8, 4) is 0 Å². The third-order valence-corrected chi connectivity index (χ3v) is 6.12. The van der Waals surface area contributed by atoms with Crippen LogP contribution in [-0.2, 0) is 12.7 Å². The average molecular weight is 485 g/mol. The largest absolute Gasteiger partial charge is 0.417 e. The topological polar surface area (TPSA) is 40.2 Å². The summed E-state index contributed by atoms with van der Waals surface area (Å²) >= 11 is 11.6. The molecule has 0 bridgehead atoms. The van der Waals surface area contributed by atoms with Crippen LogP contribution < -0.4 is 10.6 Å². The third kappa shape index (κ3) is 6.33. The van der Waals surface area contributed by atoms with E-state index < -0.39 is 11.7 Å². The molecule has 1 fully saturated rings. The molecule has 0 saturated carbocycles. The van der Waals surface area contributed by atoms with Gasteiger partial charge in [-0.1, -0.05) is 17.7 Å². The van der Waals surface area contributed by atoms with E-state index >= 15 is 0 Å². The highest BCUT2D eigenvalue weighted by Crippen LogP contribution is 2.36. The molecule has 9 heteroatoms. The fraction of sp³-hybridized carbons (Fsp3) is 0.478. The molecule has 4 nitrogen and oxygen atoms in total. The van der Waals surface area contributed by atoms with Crippen molar-refractivity contribution in [3.63, 3.8) is 0 Å². The minimum atomic E-state index is -4.51. The summed E-state index contributed by atoms with van der Waals surface area (Å²) in [5.74, 6) is 0. The summed E-state index contributed by atoms with van der Waals surface area (Å²) in [6, 6.07) is 7.54. The molecule has 1 aromatic carbocycles. The molecule has 0 spiro atoms. The lowest BCUT2D eigenvalue weighted by Gasteiger charge is -2.50. The number of piperidine rings is 1. The Morgan fingerprint density at radius 3 is 2.41 bits per heavy atom. The Bertz CT molecular complexity index is 947. The number of thiocarbonyl (C=S) groups is 1. The molecule has 0 aliphatic carbocycles. The Kier molecular flexibility index (Phi) is 7.08. The van der Waals surface area contributed by atoms with E-state index in [1.165, 1.54) is 12.1 Å². The van der Waals surface area contributed by atoms with Crippen LogP contribution in [0.25, 0.3) is 0 Å². The standard InChI is InChI=1S/C23H28ClF3N4S/c1-21(2)11-17(12-22(3,4)30-21)31(14-15-6-5-9-28-13-15)20(32)29-16-7-8-18(19(24)10-16)23(25,26)27/h5-10,13,17,30H,11-12,14H2,1-4H3,(H,29,32). The normalized spacial score (nSPS) is 18.2. The van der Waals surface area contributed by atoms with Gasteiger partial charge in [-0.3, -0.25) is 4.98 Å². The highest BCUT2D eigenvalue weighted by molar-refractivity contribution is 7.80. The number of benzene rings is 1. The second kappa shape index (κ2) is 9.15. The van der Waals surface area contributed by atoms with Gasteiger partial charge >= 0.3 is 6.18 Å². The summed E-state index contributed by atoms with van der Waals surface area (Å²) in [5.41, 5.74) is 0.331. The van der Waals surface area contributed by atoms with Crippen LogP contribution in [0.5, 0.6) is 0 Å². The first-order valence-corrected chi connectivity index (χ1v) is 11.2. The zero-order valence-corrected chi connectivity index (χ0v) is 20.1. The fourth-order valence-corrected chi connectivity index (χ4v) is 5.18. The maximum Gasteiger partial charge on any atom is 0.417 e. The van der Waals surface area contributed by atoms with Crippen molar-refractivity contribution in [2.45, 2.75) is 70.4 Å². The maximum atomic E-state index is 13.1. The van der Waals surface area contributed by atoms with E-state index in [0.29, 0.717) is 17.3 Å². The minimum absolute atomic E-state index is 0.104. The van der Waals surface area contributed by atoms with Gasteiger partial charge in [0.2, 0.25) is 0 Å². The predicted molar refractivity (Wildman–Crippen MR) is 127 cm³/mol. The lowest BCUT2D eigenvalue weighted by molar-refractivity contribution is -0.137. The van der Waals surface area contributed by atoms with Crippen LogP contribution in [0.1, 0.15) is 51.7 Å². The Morgan fingerprint density at radius 2 is 1.88 bits per heavy atom. The van der Waals surface area contributed by atoms with E-state index in [1.54, 1.807) is 12.4 Å². The van der Waals surface area contributed by atoms with Gasteiger partial charge in [-0.25, -0.2) is 0 Å². The van der Waals surface area contributed by atoms with Crippen LogP contribution in [0, 0.1) is 0 Å².